The lowest BCUT2D eigenvalue weighted by atomic mass is 9.95. The van der Waals surface area contributed by atoms with E-state index in [0.717, 1.165) is 12.0 Å². The van der Waals surface area contributed by atoms with Crippen molar-refractivity contribution in [3.8, 4) is 0 Å². The molecular weight excluding hydrogens is 260 g/mol. The summed E-state index contributed by atoms with van der Waals surface area (Å²) in [5.74, 6) is -0.0832. The van der Waals surface area contributed by atoms with Crippen LogP contribution in [0.4, 0.5) is 0 Å². The van der Waals surface area contributed by atoms with Gasteiger partial charge in [0.05, 0.1) is 11.6 Å². The number of halogens is 1. The average molecular weight is 285 g/mol. The first-order valence-electron chi connectivity index (χ1n) is 6.54. The second-order valence-electron chi connectivity index (χ2n) is 5.22. The largest absolute Gasteiger partial charge is 0.348 e. The number of hydrogen-bond donors (Lipinski definition) is 2. The van der Waals surface area contributed by atoms with Gasteiger partial charge in [0.2, 0.25) is 5.91 Å². The van der Waals surface area contributed by atoms with Crippen molar-refractivity contribution in [1.82, 2.24) is 5.32 Å². The predicted octanol–water partition coefficient (Wildman–Crippen LogP) is 3.11. The minimum Gasteiger partial charge on any atom is -0.348 e. The third-order valence-electron chi connectivity index (χ3n) is 3.29. The molecule has 0 heterocycles. The van der Waals surface area contributed by atoms with Crippen LogP contribution in [-0.2, 0) is 4.79 Å². The third kappa shape index (κ3) is 4.84. The Labute approximate surface area is 122 Å². The van der Waals surface area contributed by atoms with Crippen LogP contribution in [0.1, 0.15) is 50.8 Å². The summed E-state index contributed by atoms with van der Waals surface area (Å²) in [5, 5.41) is 3.00. The van der Waals surface area contributed by atoms with Crippen LogP contribution in [0.2, 0.25) is 0 Å². The van der Waals surface area contributed by atoms with E-state index in [9.17, 15) is 4.79 Å². The first-order valence-corrected chi connectivity index (χ1v) is 6.54. The van der Waals surface area contributed by atoms with Gasteiger partial charge < -0.3 is 11.1 Å². The fraction of sp³-hybridized carbons (Fsp3) is 0.533. The molecule has 0 aliphatic carbocycles. The van der Waals surface area contributed by atoms with Crippen molar-refractivity contribution in [2.45, 2.75) is 52.1 Å². The highest BCUT2D eigenvalue weighted by atomic mass is 35.5. The summed E-state index contributed by atoms with van der Waals surface area (Å²) in [5.41, 5.74) is 7.55. The minimum absolute atomic E-state index is 0. The van der Waals surface area contributed by atoms with Crippen LogP contribution >= 0.6 is 12.4 Å². The summed E-state index contributed by atoms with van der Waals surface area (Å²) in [6, 6.07) is 8.05. The molecule has 0 aliphatic rings. The van der Waals surface area contributed by atoms with E-state index >= 15 is 0 Å². The van der Waals surface area contributed by atoms with Crippen molar-refractivity contribution in [2.24, 2.45) is 5.73 Å². The van der Waals surface area contributed by atoms with Gasteiger partial charge in [0.1, 0.15) is 0 Å². The molecule has 1 aromatic carbocycles. The molecule has 0 bridgehead atoms. The number of amides is 1. The first-order chi connectivity index (χ1) is 8.38. The monoisotopic (exact) mass is 284 g/mol. The zero-order valence-electron chi connectivity index (χ0n) is 12.2. The number of benzene rings is 1. The zero-order chi connectivity index (χ0) is 13.8. The van der Waals surface area contributed by atoms with Crippen LogP contribution < -0.4 is 11.1 Å². The van der Waals surface area contributed by atoms with Crippen LogP contribution in [0.25, 0.3) is 0 Å². The van der Waals surface area contributed by atoms with Crippen LogP contribution in [0, 0.1) is 6.92 Å². The molecule has 4 heteroatoms. The molecule has 2 unspecified atom stereocenters. The van der Waals surface area contributed by atoms with Crippen molar-refractivity contribution in [3.05, 3.63) is 35.4 Å². The Morgan fingerprint density at radius 3 is 2.53 bits per heavy atom. The highest BCUT2D eigenvalue weighted by Gasteiger charge is 2.28. The van der Waals surface area contributed by atoms with E-state index in [1.165, 1.54) is 5.56 Å². The summed E-state index contributed by atoms with van der Waals surface area (Å²) >= 11 is 0. The van der Waals surface area contributed by atoms with Gasteiger partial charge in [-0.05, 0) is 38.3 Å². The van der Waals surface area contributed by atoms with Crippen molar-refractivity contribution in [3.63, 3.8) is 0 Å². The molecule has 0 saturated carbocycles. The number of aryl methyl sites for hydroxylation is 1. The first kappa shape index (κ1) is 17.9. The second-order valence-corrected chi connectivity index (χ2v) is 5.22. The molecule has 0 fully saturated rings. The fourth-order valence-electron chi connectivity index (χ4n) is 2.14. The molecule has 0 saturated heterocycles. The van der Waals surface area contributed by atoms with E-state index in [1.54, 1.807) is 6.92 Å². The molecule has 1 rings (SSSR count). The molecule has 108 valence electrons. The van der Waals surface area contributed by atoms with Gasteiger partial charge in [-0.2, -0.15) is 0 Å². The van der Waals surface area contributed by atoms with E-state index < -0.39 is 5.54 Å². The van der Waals surface area contributed by atoms with Crippen LogP contribution in [0.15, 0.2) is 24.3 Å². The molecule has 2 atom stereocenters. The van der Waals surface area contributed by atoms with Gasteiger partial charge in [-0.3, -0.25) is 4.79 Å². The molecule has 1 amide bonds. The van der Waals surface area contributed by atoms with Crippen molar-refractivity contribution >= 4 is 18.3 Å². The molecule has 19 heavy (non-hydrogen) atoms. The number of nitrogens with one attached hydrogen (secondary N) is 1. The van der Waals surface area contributed by atoms with E-state index in [-0.39, 0.29) is 24.4 Å². The number of carbonyl (C=O) groups excluding carboxylic acids is 1. The molecule has 1 aromatic rings. The Hall–Kier alpha value is -1.06. The van der Waals surface area contributed by atoms with Gasteiger partial charge in [-0.25, -0.2) is 0 Å². The number of carbonyl (C=O) groups is 1. The maximum atomic E-state index is 12.1. The topological polar surface area (TPSA) is 55.1 Å². The molecule has 0 spiro atoms. The smallest absolute Gasteiger partial charge is 0.240 e. The highest BCUT2D eigenvalue weighted by molar-refractivity contribution is 5.86. The average Bonchev–Trinajstić information content (AvgIpc) is 2.29. The van der Waals surface area contributed by atoms with Crippen LogP contribution in [0.3, 0.4) is 0 Å². The Kier molecular flexibility index (Phi) is 7.09. The molecule has 0 aromatic heterocycles. The fourth-order valence-corrected chi connectivity index (χ4v) is 2.14. The molecule has 3 nitrogen and oxygen atoms in total. The summed E-state index contributed by atoms with van der Waals surface area (Å²) < 4.78 is 0. The quantitative estimate of drug-likeness (QED) is 0.873. The predicted molar refractivity (Wildman–Crippen MR) is 82.5 cm³/mol. The Bertz CT molecular complexity index is 418. The summed E-state index contributed by atoms with van der Waals surface area (Å²) in [7, 11) is 0. The lowest BCUT2D eigenvalue weighted by Gasteiger charge is -2.26. The van der Waals surface area contributed by atoms with Gasteiger partial charge >= 0.3 is 0 Å². The minimum atomic E-state index is -0.786. The summed E-state index contributed by atoms with van der Waals surface area (Å²) in [4.78, 5) is 12.1. The SMILES string of the molecule is CCCC(C)(N)C(=O)NC(C)c1ccccc1C.Cl. The third-order valence-corrected chi connectivity index (χ3v) is 3.29. The highest BCUT2D eigenvalue weighted by Crippen LogP contribution is 2.18. The summed E-state index contributed by atoms with van der Waals surface area (Å²) in [6.07, 6.45) is 1.60. The lowest BCUT2D eigenvalue weighted by Crippen LogP contribution is -2.52. The number of nitrogens with two attached hydrogens (primary N) is 1. The molecule has 3 N–H and O–H groups in total. The van der Waals surface area contributed by atoms with Crippen molar-refractivity contribution in [1.29, 1.82) is 0 Å². The zero-order valence-corrected chi connectivity index (χ0v) is 13.0. The Morgan fingerprint density at radius 2 is 2.00 bits per heavy atom. The number of rotatable bonds is 5. The lowest BCUT2D eigenvalue weighted by molar-refractivity contribution is -0.126. The van der Waals surface area contributed by atoms with Gasteiger partial charge in [-0.1, -0.05) is 37.6 Å². The van der Waals surface area contributed by atoms with Crippen molar-refractivity contribution < 1.29 is 4.79 Å². The van der Waals surface area contributed by atoms with E-state index in [1.807, 2.05) is 45.0 Å². The van der Waals surface area contributed by atoms with Gasteiger partial charge in [-0.15, -0.1) is 12.4 Å². The number of hydrogen-bond acceptors (Lipinski definition) is 2. The Balaban J connectivity index is 0.00000324. The van der Waals surface area contributed by atoms with E-state index in [0.29, 0.717) is 6.42 Å². The van der Waals surface area contributed by atoms with Gasteiger partial charge in [0.15, 0.2) is 0 Å². The van der Waals surface area contributed by atoms with Gasteiger partial charge in [0.25, 0.3) is 0 Å². The Morgan fingerprint density at radius 1 is 1.42 bits per heavy atom. The summed E-state index contributed by atoms with van der Waals surface area (Å²) in [6.45, 7) is 7.85. The normalized spacial score (nSPS) is 15.0. The second kappa shape index (κ2) is 7.51. The van der Waals surface area contributed by atoms with E-state index in [2.05, 4.69) is 5.32 Å². The van der Waals surface area contributed by atoms with Gasteiger partial charge in [0, 0.05) is 0 Å². The molecule has 0 radical (unpaired) electrons. The maximum absolute atomic E-state index is 12.1. The molecular formula is C15H25ClN2O. The maximum Gasteiger partial charge on any atom is 0.240 e. The van der Waals surface area contributed by atoms with E-state index in [4.69, 9.17) is 5.73 Å². The van der Waals surface area contributed by atoms with Crippen LogP contribution in [0.5, 0.6) is 0 Å². The van der Waals surface area contributed by atoms with Crippen molar-refractivity contribution in [2.75, 3.05) is 0 Å². The van der Waals surface area contributed by atoms with Crippen LogP contribution in [-0.4, -0.2) is 11.4 Å². The molecule has 0 aliphatic heterocycles. The standard InChI is InChI=1S/C15H24N2O.ClH/c1-5-10-15(4,16)14(18)17-12(3)13-9-7-6-8-11(13)2;/h6-9,12H,5,10,16H2,1-4H3,(H,17,18);1H.